The first-order valence-corrected chi connectivity index (χ1v) is 4.63. The molecule has 3 heteroatoms. The molecular weight excluding hydrogens is 178 g/mol. The molecule has 74 valence electrons. The first-order chi connectivity index (χ1) is 6.93. The average Bonchev–Trinajstić information content (AvgIpc) is 2.33. The second kappa shape index (κ2) is 7.07. The lowest BCUT2D eigenvalue weighted by Gasteiger charge is -2.07. The lowest BCUT2D eigenvalue weighted by Crippen LogP contribution is -2.05. The topological polar surface area (TPSA) is 42.2 Å². The van der Waals surface area contributed by atoms with Crippen LogP contribution in [-0.2, 0) is 9.78 Å². The molecule has 1 saturated heterocycles. The number of hydrogen-bond acceptors (Lipinski definition) is 3. The van der Waals surface area contributed by atoms with Gasteiger partial charge in [0.2, 0.25) is 0 Å². The number of hydrogen-bond donors (Lipinski definition) is 0. The minimum absolute atomic E-state index is 0.715. The second-order valence-corrected chi connectivity index (χ2v) is 2.83. The molecule has 0 saturated carbocycles. The summed E-state index contributed by atoms with van der Waals surface area (Å²) in [6.45, 7) is 1.56. The third-order valence-corrected chi connectivity index (χ3v) is 1.69. The Morgan fingerprint density at radius 2 is 1.57 bits per heavy atom. The molecule has 1 fully saturated rings. The van der Waals surface area contributed by atoms with Crippen LogP contribution in [0.15, 0.2) is 30.3 Å². The smallest absolute Gasteiger partial charge is 0.0991 e. The Hall–Kier alpha value is -1.37. The zero-order chi connectivity index (χ0) is 10.1. The van der Waals surface area contributed by atoms with Crippen molar-refractivity contribution < 1.29 is 9.78 Å². The predicted octanol–water partition coefficient (Wildman–Crippen LogP) is 2.29. The van der Waals surface area contributed by atoms with Crippen LogP contribution in [-0.4, -0.2) is 13.2 Å². The van der Waals surface area contributed by atoms with E-state index < -0.39 is 0 Å². The Morgan fingerprint density at radius 1 is 1.00 bits per heavy atom. The van der Waals surface area contributed by atoms with Crippen LogP contribution in [0.5, 0.6) is 0 Å². The molecule has 14 heavy (non-hydrogen) atoms. The Kier molecular flexibility index (Phi) is 5.41. The van der Waals surface area contributed by atoms with Crippen LogP contribution in [0.25, 0.3) is 0 Å². The fourth-order valence-corrected chi connectivity index (χ4v) is 0.953. The molecule has 0 amide bonds. The molecule has 3 nitrogen and oxygen atoms in total. The predicted molar refractivity (Wildman–Crippen MR) is 52.3 cm³/mol. The minimum atomic E-state index is 0.715. The summed E-state index contributed by atoms with van der Waals surface area (Å²) in [5, 5.41) is 8.29. The lowest BCUT2D eigenvalue weighted by molar-refractivity contribution is -0.312. The van der Waals surface area contributed by atoms with E-state index in [-0.39, 0.29) is 0 Å². The molecule has 1 aliphatic heterocycles. The van der Waals surface area contributed by atoms with E-state index in [1.165, 1.54) is 0 Å². The maximum Gasteiger partial charge on any atom is 0.0991 e. The fourth-order valence-electron chi connectivity index (χ4n) is 0.953. The largest absolute Gasteiger partial charge is 0.237 e. The average molecular weight is 191 g/mol. The van der Waals surface area contributed by atoms with Gasteiger partial charge in [0.25, 0.3) is 0 Å². The SMILES string of the molecule is C1CCOOC1.N#Cc1ccccc1. The van der Waals surface area contributed by atoms with E-state index in [0.717, 1.165) is 26.1 Å². The van der Waals surface area contributed by atoms with Crippen molar-refractivity contribution >= 4 is 0 Å². The maximum atomic E-state index is 8.29. The summed E-state index contributed by atoms with van der Waals surface area (Å²) in [6.07, 6.45) is 2.31. The molecule has 0 unspecified atom stereocenters. The van der Waals surface area contributed by atoms with Gasteiger partial charge in [0.1, 0.15) is 0 Å². The highest BCUT2D eigenvalue weighted by atomic mass is 17.2. The first-order valence-electron chi connectivity index (χ1n) is 4.63. The van der Waals surface area contributed by atoms with Gasteiger partial charge in [-0.25, -0.2) is 9.78 Å². The third kappa shape index (κ3) is 4.61. The van der Waals surface area contributed by atoms with Crippen molar-refractivity contribution in [3.8, 4) is 6.07 Å². The molecule has 1 heterocycles. The van der Waals surface area contributed by atoms with E-state index in [9.17, 15) is 0 Å². The summed E-state index contributed by atoms with van der Waals surface area (Å²) >= 11 is 0. The van der Waals surface area contributed by atoms with Gasteiger partial charge >= 0.3 is 0 Å². The Labute approximate surface area is 83.8 Å². The Morgan fingerprint density at radius 3 is 1.86 bits per heavy atom. The van der Waals surface area contributed by atoms with E-state index in [0.29, 0.717) is 5.56 Å². The van der Waals surface area contributed by atoms with Gasteiger partial charge in [-0.05, 0) is 25.0 Å². The molecule has 0 N–H and O–H groups in total. The van der Waals surface area contributed by atoms with Crippen LogP contribution in [0.1, 0.15) is 18.4 Å². The maximum absolute atomic E-state index is 8.29. The molecule has 1 aromatic rings. The van der Waals surface area contributed by atoms with Crippen molar-refractivity contribution in [3.63, 3.8) is 0 Å². The highest BCUT2D eigenvalue weighted by Gasteiger charge is 1.95. The van der Waals surface area contributed by atoms with Crippen molar-refractivity contribution in [2.24, 2.45) is 0 Å². The van der Waals surface area contributed by atoms with Gasteiger partial charge in [-0.15, -0.1) is 0 Å². The molecule has 1 aliphatic rings. The normalized spacial score (nSPS) is 14.8. The lowest BCUT2D eigenvalue weighted by atomic mass is 10.2. The summed E-state index contributed by atoms with van der Waals surface area (Å²) in [6, 6.07) is 11.2. The van der Waals surface area contributed by atoms with E-state index in [1.807, 2.05) is 24.3 Å². The van der Waals surface area contributed by atoms with E-state index in [1.54, 1.807) is 12.1 Å². The summed E-state index contributed by atoms with van der Waals surface area (Å²) in [5.74, 6) is 0. The summed E-state index contributed by atoms with van der Waals surface area (Å²) < 4.78 is 0. The van der Waals surface area contributed by atoms with Crippen molar-refractivity contribution in [1.29, 1.82) is 5.26 Å². The van der Waals surface area contributed by atoms with Crippen LogP contribution in [0.4, 0.5) is 0 Å². The van der Waals surface area contributed by atoms with Crippen molar-refractivity contribution in [2.45, 2.75) is 12.8 Å². The molecule has 0 spiro atoms. The van der Waals surface area contributed by atoms with Crippen molar-refractivity contribution in [3.05, 3.63) is 35.9 Å². The van der Waals surface area contributed by atoms with E-state index in [4.69, 9.17) is 5.26 Å². The molecule has 0 atom stereocenters. The zero-order valence-electron chi connectivity index (χ0n) is 7.98. The molecule has 0 aliphatic carbocycles. The van der Waals surface area contributed by atoms with Crippen LogP contribution < -0.4 is 0 Å². The van der Waals surface area contributed by atoms with Crippen LogP contribution in [0, 0.1) is 11.3 Å². The van der Waals surface area contributed by atoms with Crippen LogP contribution in [0.2, 0.25) is 0 Å². The van der Waals surface area contributed by atoms with Gasteiger partial charge in [0.15, 0.2) is 0 Å². The molecule has 0 aromatic heterocycles. The van der Waals surface area contributed by atoms with E-state index in [2.05, 4.69) is 9.78 Å². The van der Waals surface area contributed by atoms with Crippen LogP contribution >= 0.6 is 0 Å². The molecule has 1 aromatic carbocycles. The number of benzene rings is 1. The molecule has 2 rings (SSSR count). The van der Waals surface area contributed by atoms with E-state index >= 15 is 0 Å². The standard InChI is InChI=1S/C7H5N.C4H8O2/c8-6-7-4-2-1-3-5-7;1-2-4-6-5-3-1/h1-5H;1-4H2. The zero-order valence-corrected chi connectivity index (χ0v) is 7.98. The van der Waals surface area contributed by atoms with Gasteiger partial charge in [-0.1, -0.05) is 18.2 Å². The number of nitrogens with zero attached hydrogens (tertiary/aromatic N) is 1. The molecule has 0 radical (unpaired) electrons. The minimum Gasteiger partial charge on any atom is -0.237 e. The van der Waals surface area contributed by atoms with Gasteiger partial charge in [-0.3, -0.25) is 0 Å². The van der Waals surface area contributed by atoms with Gasteiger partial charge in [0, 0.05) is 0 Å². The molecular formula is C11H13NO2. The summed E-state index contributed by atoms with van der Waals surface area (Å²) in [5.41, 5.74) is 0.715. The number of nitriles is 1. The quantitative estimate of drug-likeness (QED) is 0.591. The van der Waals surface area contributed by atoms with Gasteiger partial charge in [0.05, 0.1) is 24.8 Å². The third-order valence-electron chi connectivity index (χ3n) is 1.69. The highest BCUT2D eigenvalue weighted by molar-refractivity contribution is 5.27. The van der Waals surface area contributed by atoms with Crippen molar-refractivity contribution in [1.82, 2.24) is 0 Å². The monoisotopic (exact) mass is 191 g/mol. The Balaban J connectivity index is 0.000000146. The Bertz CT molecular complexity index is 264. The summed E-state index contributed by atoms with van der Waals surface area (Å²) in [4.78, 5) is 9.14. The van der Waals surface area contributed by atoms with Crippen LogP contribution in [0.3, 0.4) is 0 Å². The highest BCUT2D eigenvalue weighted by Crippen LogP contribution is 1.97. The number of rotatable bonds is 0. The second-order valence-electron chi connectivity index (χ2n) is 2.83. The van der Waals surface area contributed by atoms with Gasteiger partial charge < -0.3 is 0 Å². The van der Waals surface area contributed by atoms with Gasteiger partial charge in [-0.2, -0.15) is 5.26 Å². The molecule has 0 bridgehead atoms. The fraction of sp³-hybridized carbons (Fsp3) is 0.364. The summed E-state index contributed by atoms with van der Waals surface area (Å²) in [7, 11) is 0. The van der Waals surface area contributed by atoms with Crippen molar-refractivity contribution in [2.75, 3.05) is 13.2 Å². The first kappa shape index (κ1) is 10.7.